The molecule has 0 aliphatic carbocycles. The van der Waals surface area contributed by atoms with Crippen LogP contribution in [0.1, 0.15) is 6.92 Å². The fourth-order valence-electron chi connectivity index (χ4n) is 1.01. The van der Waals surface area contributed by atoms with Gasteiger partial charge in [-0.25, -0.2) is 5.16 Å². The van der Waals surface area contributed by atoms with Crippen molar-refractivity contribution in [3.63, 3.8) is 0 Å². The topological polar surface area (TPSA) is 62.0 Å². The minimum Gasteiger partial charge on any atom is -0.440 e. The first-order chi connectivity index (χ1) is 5.77. The summed E-state index contributed by atoms with van der Waals surface area (Å²) in [5, 5.41) is 9.78. The largest absolute Gasteiger partial charge is 0.440 e. The van der Waals surface area contributed by atoms with E-state index in [9.17, 15) is 0 Å². The van der Waals surface area contributed by atoms with Crippen molar-refractivity contribution < 1.29 is 9.26 Å². The summed E-state index contributed by atoms with van der Waals surface area (Å²) in [6.45, 7) is 1.57. The highest BCUT2D eigenvalue weighted by Crippen LogP contribution is 2.25. The molecule has 0 aliphatic rings. The number of ether oxygens (including phenoxy) is 1. The van der Waals surface area contributed by atoms with Crippen LogP contribution in [0.3, 0.4) is 0 Å². The van der Waals surface area contributed by atoms with Crippen molar-refractivity contribution in [3.05, 3.63) is 18.2 Å². The van der Waals surface area contributed by atoms with Gasteiger partial charge in [-0.2, -0.15) is 0 Å². The van der Waals surface area contributed by atoms with E-state index in [0.717, 1.165) is 5.52 Å². The summed E-state index contributed by atoms with van der Waals surface area (Å²) in [4.78, 5) is 0. The Bertz CT molecular complexity index is 413. The second-order valence-corrected chi connectivity index (χ2v) is 2.50. The van der Waals surface area contributed by atoms with E-state index in [2.05, 4.69) is 5.16 Å². The van der Waals surface area contributed by atoms with Gasteiger partial charge in [-0.1, -0.05) is 6.07 Å². The first-order valence-electron chi connectivity index (χ1n) is 3.56. The maximum atomic E-state index is 7.12. The number of fused-ring (bicyclic) bond motifs is 1. The zero-order chi connectivity index (χ0) is 8.55. The van der Waals surface area contributed by atoms with Crippen molar-refractivity contribution in [2.45, 2.75) is 6.92 Å². The van der Waals surface area contributed by atoms with Crippen molar-refractivity contribution in [2.75, 3.05) is 0 Å². The number of hydrogen-bond acceptors (Lipinski definition) is 3. The van der Waals surface area contributed by atoms with Crippen molar-refractivity contribution in [1.29, 1.82) is 5.41 Å². The summed E-state index contributed by atoms with van der Waals surface area (Å²) >= 11 is 0. The molecule has 0 fully saturated rings. The Morgan fingerprint density at radius 3 is 3.00 bits per heavy atom. The molecule has 62 valence electrons. The molecule has 2 rings (SSSR count). The molecule has 2 N–H and O–H groups in total. The minimum atomic E-state index is 0.152. The van der Waals surface area contributed by atoms with Gasteiger partial charge in [0.15, 0.2) is 11.6 Å². The Kier molecular flexibility index (Phi) is 1.40. The van der Waals surface area contributed by atoms with Crippen LogP contribution in [-0.2, 0) is 0 Å². The molecular formula is C8H8N2O2. The van der Waals surface area contributed by atoms with Crippen LogP contribution in [0.2, 0.25) is 0 Å². The van der Waals surface area contributed by atoms with Crippen LogP contribution in [0.15, 0.2) is 22.7 Å². The molecule has 0 unspecified atom stereocenters. The number of aromatic nitrogens is 1. The van der Waals surface area contributed by atoms with E-state index < -0.39 is 0 Å². The molecule has 0 saturated heterocycles. The van der Waals surface area contributed by atoms with E-state index in [4.69, 9.17) is 14.7 Å². The molecular weight excluding hydrogens is 156 g/mol. The molecule has 0 saturated carbocycles. The molecule has 0 spiro atoms. The number of H-pyrrole nitrogens is 1. The highest BCUT2D eigenvalue weighted by molar-refractivity contribution is 5.83. The van der Waals surface area contributed by atoms with Crippen molar-refractivity contribution in [1.82, 2.24) is 5.16 Å². The number of hydrogen-bond donors (Lipinski definition) is 2. The maximum absolute atomic E-state index is 7.12. The molecule has 1 aromatic carbocycles. The van der Waals surface area contributed by atoms with E-state index >= 15 is 0 Å². The van der Waals surface area contributed by atoms with E-state index in [1.165, 1.54) is 0 Å². The highest BCUT2D eigenvalue weighted by atomic mass is 16.5. The molecule has 0 aliphatic heterocycles. The summed E-state index contributed by atoms with van der Waals surface area (Å²) < 4.78 is 10.0. The summed E-state index contributed by atoms with van der Waals surface area (Å²) in [7, 11) is 0. The Labute approximate surface area is 68.6 Å². The van der Waals surface area contributed by atoms with Gasteiger partial charge in [0.1, 0.15) is 5.52 Å². The number of aromatic amines is 1. The molecule has 0 radical (unpaired) electrons. The summed E-state index contributed by atoms with van der Waals surface area (Å²) in [5.41, 5.74) is 1.57. The molecule has 2 aromatic rings. The lowest BCUT2D eigenvalue weighted by atomic mass is 10.3. The molecule has 4 heteroatoms. The lowest BCUT2D eigenvalue weighted by Gasteiger charge is -2.07. The van der Waals surface area contributed by atoms with Gasteiger partial charge in [-0.3, -0.25) is 5.41 Å². The van der Waals surface area contributed by atoms with Crippen LogP contribution < -0.4 is 4.74 Å². The minimum absolute atomic E-state index is 0.152. The average molecular weight is 164 g/mol. The monoisotopic (exact) mass is 164 g/mol. The van der Waals surface area contributed by atoms with Crippen molar-refractivity contribution in [3.8, 4) is 5.75 Å². The van der Waals surface area contributed by atoms with Gasteiger partial charge >= 0.3 is 0 Å². The average Bonchev–Trinajstić information content (AvgIpc) is 1.91. The quantitative estimate of drug-likeness (QED) is 0.501. The summed E-state index contributed by atoms with van der Waals surface area (Å²) in [5.74, 6) is 0.734. The van der Waals surface area contributed by atoms with Gasteiger partial charge in [0.25, 0.3) is 0 Å². The Hall–Kier alpha value is -1.71. The van der Waals surface area contributed by atoms with Crippen LogP contribution in [0.25, 0.3) is 11.1 Å². The third kappa shape index (κ3) is 0.972. The van der Waals surface area contributed by atoms with Gasteiger partial charge in [-0.15, -0.1) is 0 Å². The Balaban J connectivity index is 2.43. The Morgan fingerprint density at radius 2 is 2.42 bits per heavy atom. The molecule has 1 aromatic heterocycles. The van der Waals surface area contributed by atoms with Crippen LogP contribution >= 0.6 is 0 Å². The third-order valence-electron chi connectivity index (χ3n) is 1.51. The second-order valence-electron chi connectivity index (χ2n) is 2.50. The fraction of sp³-hybridized carbons (Fsp3) is 0.125. The lowest BCUT2D eigenvalue weighted by molar-refractivity contribution is 0.408. The SMILES string of the molecule is CC(=N)Oc1cccc2[nH]oc12. The fourth-order valence-corrected chi connectivity index (χ4v) is 1.01. The van der Waals surface area contributed by atoms with Crippen molar-refractivity contribution in [2.24, 2.45) is 0 Å². The first kappa shape index (κ1) is 6.97. The third-order valence-corrected chi connectivity index (χ3v) is 1.51. The van der Waals surface area contributed by atoms with E-state index in [1.54, 1.807) is 13.0 Å². The molecule has 0 bridgehead atoms. The molecule has 0 amide bonds. The number of nitrogens with one attached hydrogen (secondary N) is 2. The molecule has 4 nitrogen and oxygen atoms in total. The van der Waals surface area contributed by atoms with E-state index in [-0.39, 0.29) is 5.90 Å². The number of para-hydroxylation sites is 1. The molecule has 0 atom stereocenters. The van der Waals surface area contributed by atoms with Gasteiger partial charge in [0, 0.05) is 6.92 Å². The zero-order valence-electron chi connectivity index (χ0n) is 6.55. The Morgan fingerprint density at radius 1 is 1.58 bits per heavy atom. The predicted molar refractivity (Wildman–Crippen MR) is 44.6 cm³/mol. The predicted octanol–water partition coefficient (Wildman–Crippen LogP) is 2.14. The van der Waals surface area contributed by atoms with Gasteiger partial charge in [0.2, 0.25) is 5.58 Å². The normalized spacial score (nSPS) is 10.4. The summed E-state index contributed by atoms with van der Waals surface area (Å²) in [6.07, 6.45) is 0. The van der Waals surface area contributed by atoms with Crippen LogP contribution in [0.5, 0.6) is 5.75 Å². The van der Waals surface area contributed by atoms with Gasteiger partial charge in [-0.05, 0) is 12.1 Å². The van der Waals surface area contributed by atoms with Crippen molar-refractivity contribution >= 4 is 17.0 Å². The van der Waals surface area contributed by atoms with Gasteiger partial charge < -0.3 is 9.26 Å². The van der Waals surface area contributed by atoms with E-state index in [0.29, 0.717) is 11.3 Å². The lowest BCUT2D eigenvalue weighted by Crippen LogP contribution is -2.01. The molecule has 1 heterocycles. The highest BCUT2D eigenvalue weighted by Gasteiger charge is 2.08. The van der Waals surface area contributed by atoms with E-state index in [1.807, 2.05) is 12.1 Å². The standard InChI is InChI=1S/C8H8N2O2/c1-5(9)11-7-4-2-3-6-8(7)12-10-6/h2-4,9-10H,1H3. The zero-order valence-corrected chi connectivity index (χ0v) is 6.55. The number of benzene rings is 1. The second kappa shape index (κ2) is 2.41. The number of rotatable bonds is 1. The smallest absolute Gasteiger partial charge is 0.223 e. The first-order valence-corrected chi connectivity index (χ1v) is 3.56. The van der Waals surface area contributed by atoms with Crippen LogP contribution in [0.4, 0.5) is 0 Å². The molecule has 12 heavy (non-hydrogen) atoms. The summed E-state index contributed by atoms with van der Waals surface area (Å²) in [6, 6.07) is 5.48. The van der Waals surface area contributed by atoms with Crippen LogP contribution in [0, 0.1) is 5.41 Å². The van der Waals surface area contributed by atoms with Crippen LogP contribution in [-0.4, -0.2) is 11.1 Å². The van der Waals surface area contributed by atoms with Gasteiger partial charge in [0.05, 0.1) is 0 Å². The maximum Gasteiger partial charge on any atom is 0.223 e.